The third kappa shape index (κ3) is 3.77. The van der Waals surface area contributed by atoms with E-state index in [9.17, 15) is 20.0 Å². The Morgan fingerprint density at radius 3 is 2.65 bits per heavy atom. The molecule has 4 rings (SSSR count). The van der Waals surface area contributed by atoms with E-state index in [2.05, 4.69) is 0 Å². The molecule has 0 saturated carbocycles. The molecule has 34 heavy (non-hydrogen) atoms. The number of hydrogen-bond donors (Lipinski definition) is 1. The van der Waals surface area contributed by atoms with Crippen molar-refractivity contribution in [2.45, 2.75) is 50.3 Å². The highest BCUT2D eigenvalue weighted by Crippen LogP contribution is 2.50. The third-order valence-corrected chi connectivity index (χ3v) is 6.51. The molecule has 0 aliphatic carbocycles. The SMILES string of the molecule is CCOC(=O)[C@H]1Cc2ccccc2N1[C@@H]1c2cc([N+](=O)[O-])ccc2O[C@@](C)(C(OC)OC)[C@H]1O. The van der Waals surface area contributed by atoms with E-state index in [0.717, 1.165) is 11.3 Å². The molecule has 2 aliphatic heterocycles. The summed E-state index contributed by atoms with van der Waals surface area (Å²) >= 11 is 0. The van der Waals surface area contributed by atoms with Crippen molar-refractivity contribution < 1.29 is 33.8 Å². The second-order valence-electron chi connectivity index (χ2n) is 8.47. The Morgan fingerprint density at radius 2 is 2.00 bits per heavy atom. The van der Waals surface area contributed by atoms with E-state index in [1.165, 1.54) is 32.4 Å². The van der Waals surface area contributed by atoms with Crippen LogP contribution in [0, 0.1) is 10.1 Å². The third-order valence-electron chi connectivity index (χ3n) is 6.51. The molecule has 0 bridgehead atoms. The normalized spacial score (nSPS) is 25.5. The lowest BCUT2D eigenvalue weighted by molar-refractivity contribution is -0.385. The van der Waals surface area contributed by atoms with Crippen molar-refractivity contribution in [2.75, 3.05) is 25.7 Å². The van der Waals surface area contributed by atoms with Gasteiger partial charge < -0.3 is 29.0 Å². The molecule has 4 atom stereocenters. The summed E-state index contributed by atoms with van der Waals surface area (Å²) in [6.07, 6.45) is -1.89. The van der Waals surface area contributed by atoms with Crippen molar-refractivity contribution in [2.24, 2.45) is 0 Å². The number of esters is 1. The fraction of sp³-hybridized carbons (Fsp3) is 0.458. The molecule has 2 heterocycles. The summed E-state index contributed by atoms with van der Waals surface area (Å²) in [5.41, 5.74) is 0.476. The molecule has 0 radical (unpaired) electrons. The molecule has 0 unspecified atom stereocenters. The van der Waals surface area contributed by atoms with Crippen LogP contribution in [0.3, 0.4) is 0 Å². The topological polar surface area (TPSA) is 121 Å². The molecular weight excluding hydrogens is 444 g/mol. The Morgan fingerprint density at radius 1 is 1.29 bits per heavy atom. The van der Waals surface area contributed by atoms with Gasteiger partial charge in [-0.05, 0) is 31.5 Å². The molecule has 2 aliphatic rings. The van der Waals surface area contributed by atoms with E-state index < -0.39 is 41.0 Å². The number of carbonyl (C=O) groups is 1. The zero-order valence-electron chi connectivity index (χ0n) is 19.5. The number of carbonyl (C=O) groups excluding carboxylic acids is 1. The minimum absolute atomic E-state index is 0.154. The number of aliphatic hydroxyl groups excluding tert-OH is 1. The number of non-ortho nitro benzene ring substituents is 1. The van der Waals surface area contributed by atoms with Gasteiger partial charge in [-0.2, -0.15) is 0 Å². The quantitative estimate of drug-likeness (QED) is 0.281. The van der Waals surface area contributed by atoms with E-state index in [1.54, 1.807) is 18.7 Å². The van der Waals surface area contributed by atoms with Gasteiger partial charge >= 0.3 is 5.97 Å². The maximum Gasteiger partial charge on any atom is 0.329 e. The molecule has 0 saturated heterocycles. The van der Waals surface area contributed by atoms with Crippen LogP contribution in [0.5, 0.6) is 5.75 Å². The van der Waals surface area contributed by atoms with Gasteiger partial charge in [-0.3, -0.25) is 10.1 Å². The van der Waals surface area contributed by atoms with E-state index in [1.807, 2.05) is 24.3 Å². The number of benzene rings is 2. The molecule has 182 valence electrons. The van der Waals surface area contributed by atoms with Crippen LogP contribution < -0.4 is 9.64 Å². The van der Waals surface area contributed by atoms with Crippen molar-refractivity contribution in [1.82, 2.24) is 0 Å². The van der Waals surface area contributed by atoms with Gasteiger partial charge in [-0.15, -0.1) is 0 Å². The maximum absolute atomic E-state index is 13.0. The lowest BCUT2D eigenvalue weighted by atomic mass is 9.83. The van der Waals surface area contributed by atoms with Crippen LogP contribution >= 0.6 is 0 Å². The van der Waals surface area contributed by atoms with Crippen molar-refractivity contribution in [3.05, 3.63) is 63.7 Å². The molecule has 1 N–H and O–H groups in total. The first-order valence-corrected chi connectivity index (χ1v) is 11.0. The van der Waals surface area contributed by atoms with Crippen molar-refractivity contribution in [1.29, 1.82) is 0 Å². The fourth-order valence-corrected chi connectivity index (χ4v) is 5.00. The molecule has 2 aromatic carbocycles. The van der Waals surface area contributed by atoms with Gasteiger partial charge in [-0.1, -0.05) is 18.2 Å². The van der Waals surface area contributed by atoms with Gasteiger partial charge in [0.25, 0.3) is 5.69 Å². The Hall–Kier alpha value is -3.21. The molecule has 0 amide bonds. The number of hydrogen-bond acceptors (Lipinski definition) is 9. The Kier molecular flexibility index (Phi) is 6.48. The molecule has 10 nitrogen and oxygen atoms in total. The summed E-state index contributed by atoms with van der Waals surface area (Å²) in [7, 11) is 2.87. The zero-order valence-corrected chi connectivity index (χ0v) is 19.5. The number of para-hydroxylation sites is 1. The molecule has 0 fully saturated rings. The lowest BCUT2D eigenvalue weighted by Gasteiger charge is -2.50. The summed E-state index contributed by atoms with van der Waals surface area (Å²) in [6.45, 7) is 3.57. The Bertz CT molecular complexity index is 1090. The fourth-order valence-electron chi connectivity index (χ4n) is 5.00. The molecule has 10 heteroatoms. The first kappa shape index (κ1) is 23.9. The number of methoxy groups -OCH3 is 2. The Labute approximate surface area is 197 Å². The average Bonchev–Trinajstić information content (AvgIpc) is 3.20. The van der Waals surface area contributed by atoms with E-state index >= 15 is 0 Å². The van der Waals surface area contributed by atoms with Crippen LogP contribution in [-0.2, 0) is 25.4 Å². The van der Waals surface area contributed by atoms with Crippen molar-refractivity contribution in [3.8, 4) is 5.75 Å². The largest absolute Gasteiger partial charge is 0.479 e. The molecule has 2 aromatic rings. The highest BCUT2D eigenvalue weighted by atomic mass is 16.7. The second-order valence-corrected chi connectivity index (χ2v) is 8.47. The van der Waals surface area contributed by atoms with Crippen LogP contribution in [0.25, 0.3) is 0 Å². The van der Waals surface area contributed by atoms with Gasteiger partial charge in [0.05, 0.1) is 17.6 Å². The number of ether oxygens (including phenoxy) is 4. The first-order chi connectivity index (χ1) is 16.3. The smallest absolute Gasteiger partial charge is 0.329 e. The summed E-state index contributed by atoms with van der Waals surface area (Å²) in [6, 6.07) is 10.1. The van der Waals surface area contributed by atoms with Gasteiger partial charge in [0.2, 0.25) is 0 Å². The lowest BCUT2D eigenvalue weighted by Crippen LogP contribution is -2.63. The molecular formula is C24H28N2O8. The summed E-state index contributed by atoms with van der Waals surface area (Å²) < 4.78 is 22.4. The Balaban J connectivity index is 1.93. The monoisotopic (exact) mass is 472 g/mol. The average molecular weight is 472 g/mol. The van der Waals surface area contributed by atoms with E-state index in [-0.39, 0.29) is 12.3 Å². The highest BCUT2D eigenvalue weighted by Gasteiger charge is 2.56. The van der Waals surface area contributed by atoms with Gasteiger partial charge in [0.1, 0.15) is 17.9 Å². The maximum atomic E-state index is 13.0. The van der Waals surface area contributed by atoms with Crippen LogP contribution in [0.1, 0.15) is 31.0 Å². The molecule has 0 spiro atoms. The number of fused-ring (bicyclic) bond motifs is 2. The number of nitro groups is 1. The molecule has 0 aromatic heterocycles. The minimum Gasteiger partial charge on any atom is -0.479 e. The van der Waals surface area contributed by atoms with E-state index in [4.69, 9.17) is 18.9 Å². The number of nitro benzene ring substituents is 1. The van der Waals surface area contributed by atoms with Crippen LogP contribution in [-0.4, -0.2) is 60.9 Å². The van der Waals surface area contributed by atoms with Gasteiger partial charge in [0.15, 0.2) is 11.9 Å². The predicted octanol–water partition coefficient (Wildman–Crippen LogP) is 2.76. The van der Waals surface area contributed by atoms with Gasteiger partial charge in [-0.25, -0.2) is 4.79 Å². The summed E-state index contributed by atoms with van der Waals surface area (Å²) in [5, 5.41) is 23.3. The summed E-state index contributed by atoms with van der Waals surface area (Å²) in [5.74, 6) is -0.115. The van der Waals surface area contributed by atoms with Gasteiger partial charge in [0, 0.05) is 44.0 Å². The second kappa shape index (κ2) is 9.21. The summed E-state index contributed by atoms with van der Waals surface area (Å²) in [4.78, 5) is 25.9. The number of anilines is 1. The number of rotatable bonds is 7. The van der Waals surface area contributed by atoms with Crippen molar-refractivity contribution in [3.63, 3.8) is 0 Å². The van der Waals surface area contributed by atoms with Crippen LogP contribution in [0.2, 0.25) is 0 Å². The minimum atomic E-state index is -1.39. The van der Waals surface area contributed by atoms with E-state index in [0.29, 0.717) is 17.7 Å². The van der Waals surface area contributed by atoms with Crippen molar-refractivity contribution >= 4 is 17.3 Å². The number of aliphatic hydroxyl groups is 1. The standard InChI is InChI=1S/C24H28N2O8/c1-5-33-22(28)18-12-14-8-6-7-9-17(14)25(18)20-16-13-15(26(29)30)10-11-19(16)34-24(2,21(20)27)23(31-3)32-4/h6-11,13,18,20-21,23,27H,5,12H2,1-4H3/t18-,20-,21+,24-/m1/s1. The van der Waals surface area contributed by atoms with Crippen LogP contribution in [0.4, 0.5) is 11.4 Å². The predicted molar refractivity (Wildman–Crippen MR) is 122 cm³/mol. The highest BCUT2D eigenvalue weighted by molar-refractivity contribution is 5.84. The van der Waals surface area contributed by atoms with Crippen LogP contribution in [0.15, 0.2) is 42.5 Å². The zero-order chi connectivity index (χ0) is 24.6. The number of nitrogens with zero attached hydrogens (tertiary/aromatic N) is 2. The first-order valence-electron chi connectivity index (χ1n) is 11.0.